The average Bonchev–Trinajstić information content (AvgIpc) is 3.51. The van der Waals surface area contributed by atoms with Crippen molar-refractivity contribution in [3.8, 4) is 5.75 Å². The number of fused-ring (bicyclic) bond motifs is 2. The van der Waals surface area contributed by atoms with E-state index >= 15 is 0 Å². The highest BCUT2D eigenvalue weighted by molar-refractivity contribution is 8.00. The Balaban J connectivity index is 1.37. The molecule has 3 N–H and O–H groups in total. The standard InChI is InChI=1S/C33H33N5O7S3/c1-4-36(5-2)21-10-6-19(7-11-21)26-27-28(31(41)38(30(27)40)22-12-14-23(45-3)15-13-22)46-32-29(26)47-33(42)37(32)18-25(39)35-20-8-16-24(17-9-20)48(34,43)44/h6-17,26-28H,4-5,18H2,1-3H3,(H,35,39)(H2,34,43,44)/t26-,27-,28+/m0/s1. The van der Waals surface area contributed by atoms with E-state index in [9.17, 15) is 27.6 Å². The first-order valence-electron chi connectivity index (χ1n) is 15.1. The number of aromatic nitrogens is 1. The minimum Gasteiger partial charge on any atom is -0.497 e. The zero-order valence-electron chi connectivity index (χ0n) is 26.3. The first-order chi connectivity index (χ1) is 22.9. The molecule has 6 rings (SSSR count). The highest BCUT2D eigenvalue weighted by atomic mass is 32.2. The molecule has 0 spiro atoms. The Morgan fingerprint density at radius 3 is 2.17 bits per heavy atom. The van der Waals surface area contributed by atoms with Gasteiger partial charge in [-0.3, -0.25) is 23.7 Å². The lowest BCUT2D eigenvalue weighted by Crippen LogP contribution is -2.33. The van der Waals surface area contributed by atoms with E-state index in [1.807, 2.05) is 24.3 Å². The Hall–Kier alpha value is -4.44. The zero-order valence-corrected chi connectivity index (χ0v) is 28.7. The van der Waals surface area contributed by atoms with Crippen LogP contribution in [0.2, 0.25) is 0 Å². The maximum absolute atomic E-state index is 14.2. The number of thioether (sulfide) groups is 1. The Morgan fingerprint density at radius 1 is 0.938 bits per heavy atom. The molecule has 3 atom stereocenters. The van der Waals surface area contributed by atoms with Gasteiger partial charge in [0.1, 0.15) is 17.5 Å². The minimum atomic E-state index is -3.91. The molecule has 12 nitrogen and oxygen atoms in total. The zero-order chi connectivity index (χ0) is 34.3. The summed E-state index contributed by atoms with van der Waals surface area (Å²) >= 11 is 2.09. The van der Waals surface area contributed by atoms with Gasteiger partial charge in [0, 0.05) is 35.3 Å². The highest BCUT2D eigenvalue weighted by Gasteiger charge is 2.56. The summed E-state index contributed by atoms with van der Waals surface area (Å²) in [5, 5.41) is 7.47. The van der Waals surface area contributed by atoms with Crippen LogP contribution >= 0.6 is 23.1 Å². The van der Waals surface area contributed by atoms with Gasteiger partial charge in [-0.1, -0.05) is 35.2 Å². The van der Waals surface area contributed by atoms with E-state index in [0.29, 0.717) is 27.0 Å². The molecule has 250 valence electrons. The lowest BCUT2D eigenvalue weighted by Gasteiger charge is -2.31. The summed E-state index contributed by atoms with van der Waals surface area (Å²) < 4.78 is 29.8. The second-order valence-corrected chi connectivity index (χ2v) is 14.9. The van der Waals surface area contributed by atoms with Gasteiger partial charge >= 0.3 is 4.87 Å². The van der Waals surface area contributed by atoms with Gasteiger partial charge in [-0.05, 0) is 80.1 Å². The first-order valence-corrected chi connectivity index (χ1v) is 18.4. The number of methoxy groups -OCH3 is 1. The molecule has 48 heavy (non-hydrogen) atoms. The smallest absolute Gasteiger partial charge is 0.308 e. The molecule has 15 heteroatoms. The third-order valence-corrected chi connectivity index (χ3v) is 12.1. The molecule has 0 bridgehead atoms. The summed E-state index contributed by atoms with van der Waals surface area (Å²) in [4.78, 5) is 58.4. The number of carbonyl (C=O) groups is 3. The van der Waals surface area contributed by atoms with E-state index in [1.165, 1.54) is 40.8 Å². The summed E-state index contributed by atoms with van der Waals surface area (Å²) in [6.07, 6.45) is 0. The SMILES string of the molecule is CCN(CC)c1ccc([C@@H]2c3sc(=O)n(CC(=O)Nc4ccc(S(N)(=O)=O)cc4)c3S[C@H]3C(=O)N(c4ccc(OC)cc4)C(=O)[C@@H]23)cc1. The summed E-state index contributed by atoms with van der Waals surface area (Å²) in [6.45, 7) is 5.41. The van der Waals surface area contributed by atoms with Crippen molar-refractivity contribution in [2.24, 2.45) is 11.1 Å². The highest BCUT2D eigenvalue weighted by Crippen LogP contribution is 2.54. The average molecular weight is 708 g/mol. The maximum Gasteiger partial charge on any atom is 0.308 e. The lowest BCUT2D eigenvalue weighted by atomic mass is 9.83. The van der Waals surface area contributed by atoms with Crippen molar-refractivity contribution in [2.75, 3.05) is 35.3 Å². The number of amides is 3. The molecule has 3 amide bonds. The van der Waals surface area contributed by atoms with E-state index < -0.39 is 43.8 Å². The molecule has 3 heterocycles. The molecule has 0 radical (unpaired) electrons. The topological polar surface area (TPSA) is 161 Å². The number of carbonyl (C=O) groups excluding carboxylic acids is 3. The van der Waals surface area contributed by atoms with Crippen molar-refractivity contribution in [1.29, 1.82) is 0 Å². The number of rotatable bonds is 10. The van der Waals surface area contributed by atoms with Gasteiger partial charge in [0.25, 0.3) is 0 Å². The normalized spacial score (nSPS) is 18.8. The van der Waals surface area contributed by atoms with Crippen LogP contribution in [0.15, 0.2) is 87.5 Å². The molecule has 0 saturated carbocycles. The van der Waals surface area contributed by atoms with Gasteiger partial charge in [0.15, 0.2) is 0 Å². The van der Waals surface area contributed by atoms with Gasteiger partial charge in [-0.15, -0.1) is 0 Å². The number of hydrogen-bond acceptors (Lipinski definition) is 10. The number of nitrogens with two attached hydrogens (primary N) is 1. The number of ether oxygens (including phenoxy) is 1. The lowest BCUT2D eigenvalue weighted by molar-refractivity contribution is -0.122. The molecule has 3 aromatic carbocycles. The Labute approximate surface area is 285 Å². The predicted octanol–water partition coefficient (Wildman–Crippen LogP) is 3.85. The fraction of sp³-hybridized carbons (Fsp3) is 0.273. The molecule has 1 aromatic heterocycles. The Morgan fingerprint density at radius 2 is 1.58 bits per heavy atom. The van der Waals surface area contributed by atoms with E-state index in [2.05, 4.69) is 24.1 Å². The van der Waals surface area contributed by atoms with Gasteiger partial charge in [0.2, 0.25) is 27.7 Å². The Kier molecular flexibility index (Phi) is 9.22. The number of nitrogens with zero attached hydrogens (tertiary/aromatic N) is 3. The largest absolute Gasteiger partial charge is 0.497 e. The number of sulfonamides is 1. The van der Waals surface area contributed by atoms with Crippen LogP contribution < -0.4 is 29.9 Å². The first kappa shape index (κ1) is 33.5. The van der Waals surface area contributed by atoms with Crippen LogP contribution in [0.25, 0.3) is 0 Å². The van der Waals surface area contributed by atoms with E-state index in [1.54, 1.807) is 24.3 Å². The quantitative estimate of drug-likeness (QED) is 0.233. The summed E-state index contributed by atoms with van der Waals surface area (Å²) in [6, 6.07) is 19.9. The van der Waals surface area contributed by atoms with Crippen LogP contribution in [-0.2, 0) is 31.0 Å². The second-order valence-electron chi connectivity index (χ2n) is 11.3. The second kappa shape index (κ2) is 13.2. The number of imide groups is 1. The van der Waals surface area contributed by atoms with Gasteiger partial charge in [0.05, 0.1) is 28.6 Å². The van der Waals surface area contributed by atoms with Crippen molar-refractivity contribution >= 4 is 67.9 Å². The number of benzene rings is 3. The van der Waals surface area contributed by atoms with Crippen LogP contribution in [0.4, 0.5) is 17.1 Å². The van der Waals surface area contributed by atoms with Crippen molar-refractivity contribution in [3.05, 3.63) is 92.9 Å². The van der Waals surface area contributed by atoms with Crippen LogP contribution in [-0.4, -0.2) is 56.2 Å². The third-order valence-electron chi connectivity index (χ3n) is 8.53. The van der Waals surface area contributed by atoms with E-state index in [0.717, 1.165) is 47.4 Å². The van der Waals surface area contributed by atoms with E-state index in [-0.39, 0.29) is 17.3 Å². The number of nitrogens with one attached hydrogen (secondary N) is 1. The van der Waals surface area contributed by atoms with Crippen molar-refractivity contribution in [2.45, 2.75) is 41.5 Å². The van der Waals surface area contributed by atoms with Gasteiger partial charge < -0.3 is 15.0 Å². The number of anilines is 3. The van der Waals surface area contributed by atoms with Crippen LogP contribution in [0, 0.1) is 5.92 Å². The number of thiazole rings is 1. The van der Waals surface area contributed by atoms with Crippen LogP contribution in [0.1, 0.15) is 30.2 Å². The molecule has 2 aliphatic heterocycles. The van der Waals surface area contributed by atoms with Crippen molar-refractivity contribution in [3.63, 3.8) is 0 Å². The minimum absolute atomic E-state index is 0.106. The maximum atomic E-state index is 14.2. The van der Waals surface area contributed by atoms with Crippen LogP contribution in [0.3, 0.4) is 0 Å². The molecule has 2 aliphatic rings. The van der Waals surface area contributed by atoms with Gasteiger partial charge in [-0.2, -0.15) is 0 Å². The van der Waals surface area contributed by atoms with Crippen molar-refractivity contribution in [1.82, 2.24) is 4.57 Å². The predicted molar refractivity (Wildman–Crippen MR) is 185 cm³/mol. The Bertz CT molecular complexity index is 2040. The molecular formula is C33H33N5O7S3. The molecule has 0 aliphatic carbocycles. The fourth-order valence-corrected chi connectivity index (χ4v) is 9.44. The van der Waals surface area contributed by atoms with Crippen molar-refractivity contribution < 1.29 is 27.5 Å². The summed E-state index contributed by atoms with van der Waals surface area (Å²) in [7, 11) is -2.37. The molecule has 4 aromatic rings. The van der Waals surface area contributed by atoms with E-state index in [4.69, 9.17) is 9.88 Å². The van der Waals surface area contributed by atoms with Crippen LogP contribution in [0.5, 0.6) is 5.75 Å². The van der Waals surface area contributed by atoms with Gasteiger partial charge in [-0.25, -0.2) is 18.5 Å². The number of primary sulfonamides is 1. The molecule has 1 fully saturated rings. The summed E-state index contributed by atoms with van der Waals surface area (Å²) in [5.41, 5.74) is 2.53. The fourth-order valence-electron chi connectivity index (χ4n) is 6.15. The monoisotopic (exact) mass is 707 g/mol. The third kappa shape index (κ3) is 6.14. The molecule has 0 unspecified atom stereocenters. The molecular weight excluding hydrogens is 675 g/mol. The summed E-state index contributed by atoms with van der Waals surface area (Å²) in [5.74, 6) is -2.10. The number of hydrogen-bond donors (Lipinski definition) is 2. The molecule has 1 saturated heterocycles.